The van der Waals surface area contributed by atoms with E-state index in [1.165, 1.54) is 0 Å². The quantitative estimate of drug-likeness (QED) is 0.766. The Balaban J connectivity index is 2.06. The van der Waals surface area contributed by atoms with Crippen LogP contribution >= 0.6 is 0 Å². The molecule has 0 aromatic carbocycles. The van der Waals surface area contributed by atoms with Crippen LogP contribution in [0.3, 0.4) is 0 Å². The molecule has 0 aliphatic carbocycles. The molecule has 1 aliphatic rings. The smallest absolute Gasteiger partial charge is 0.149 e. The van der Waals surface area contributed by atoms with E-state index in [-0.39, 0.29) is 5.54 Å². The molecule has 2 rings (SSSR count). The number of piperidine rings is 1. The van der Waals surface area contributed by atoms with Crippen LogP contribution in [0.1, 0.15) is 25.3 Å². The van der Waals surface area contributed by atoms with Crippen molar-refractivity contribution in [2.75, 3.05) is 18.4 Å². The average Bonchev–Trinajstić information content (AvgIpc) is 2.18. The van der Waals surface area contributed by atoms with Crippen molar-refractivity contribution in [2.24, 2.45) is 0 Å². The van der Waals surface area contributed by atoms with Gasteiger partial charge in [-0.15, -0.1) is 5.10 Å². The van der Waals surface area contributed by atoms with Gasteiger partial charge in [0.2, 0.25) is 0 Å². The Kier molecular flexibility index (Phi) is 2.86. The number of nitrogens with one attached hydrogen (secondary N) is 2. The Bertz CT molecular complexity index is 331. The molecule has 1 saturated heterocycles. The zero-order chi connectivity index (χ0) is 10.7. The minimum absolute atomic E-state index is 0.160. The van der Waals surface area contributed by atoms with Gasteiger partial charge in [0.15, 0.2) is 0 Å². The van der Waals surface area contributed by atoms with Crippen LogP contribution in [-0.4, -0.2) is 28.8 Å². The van der Waals surface area contributed by atoms with Crippen LogP contribution in [0.25, 0.3) is 0 Å². The summed E-state index contributed by atoms with van der Waals surface area (Å²) in [5.74, 6) is 0.888. The SMILES string of the molecule is Cc1cnnc(NC2(C)CCNCC2)c1. The molecule has 2 N–H and O–H groups in total. The van der Waals surface area contributed by atoms with Gasteiger partial charge < -0.3 is 10.6 Å². The minimum Gasteiger partial charge on any atom is -0.363 e. The lowest BCUT2D eigenvalue weighted by Crippen LogP contribution is -2.45. The number of aromatic nitrogens is 2. The molecule has 1 aromatic rings. The van der Waals surface area contributed by atoms with Crippen molar-refractivity contribution < 1.29 is 0 Å². The Morgan fingerprint density at radius 3 is 2.80 bits per heavy atom. The third-order valence-corrected chi connectivity index (χ3v) is 2.93. The van der Waals surface area contributed by atoms with Crippen molar-refractivity contribution in [2.45, 2.75) is 32.2 Å². The molecule has 15 heavy (non-hydrogen) atoms. The Labute approximate surface area is 90.5 Å². The van der Waals surface area contributed by atoms with Crippen molar-refractivity contribution in [1.29, 1.82) is 0 Å². The van der Waals surface area contributed by atoms with Crippen LogP contribution in [0, 0.1) is 6.92 Å². The lowest BCUT2D eigenvalue weighted by atomic mass is 9.90. The van der Waals surface area contributed by atoms with Crippen LogP contribution in [0.2, 0.25) is 0 Å². The fraction of sp³-hybridized carbons (Fsp3) is 0.636. The summed E-state index contributed by atoms with van der Waals surface area (Å²) in [6.07, 6.45) is 4.03. The summed E-state index contributed by atoms with van der Waals surface area (Å²) in [5.41, 5.74) is 1.30. The minimum atomic E-state index is 0.160. The molecule has 2 heterocycles. The molecule has 0 bridgehead atoms. The molecule has 1 fully saturated rings. The van der Waals surface area contributed by atoms with Gasteiger partial charge >= 0.3 is 0 Å². The summed E-state index contributed by atoms with van der Waals surface area (Å²) in [7, 11) is 0. The Hall–Kier alpha value is -1.16. The maximum Gasteiger partial charge on any atom is 0.149 e. The summed E-state index contributed by atoms with van der Waals surface area (Å²) in [5, 5.41) is 14.9. The molecule has 4 nitrogen and oxygen atoms in total. The number of rotatable bonds is 2. The maximum atomic E-state index is 4.10. The molecule has 0 amide bonds. The Morgan fingerprint density at radius 2 is 2.13 bits per heavy atom. The highest BCUT2D eigenvalue weighted by molar-refractivity contribution is 5.38. The number of hydrogen-bond donors (Lipinski definition) is 2. The lowest BCUT2D eigenvalue weighted by Gasteiger charge is -2.35. The number of aryl methyl sites for hydroxylation is 1. The van der Waals surface area contributed by atoms with Crippen LogP contribution < -0.4 is 10.6 Å². The van der Waals surface area contributed by atoms with Gasteiger partial charge in [0, 0.05) is 5.54 Å². The fourth-order valence-corrected chi connectivity index (χ4v) is 1.94. The molecule has 0 spiro atoms. The van der Waals surface area contributed by atoms with Crippen LogP contribution in [-0.2, 0) is 0 Å². The zero-order valence-electron chi connectivity index (χ0n) is 9.38. The van der Waals surface area contributed by atoms with Gasteiger partial charge in [-0.2, -0.15) is 5.10 Å². The molecular weight excluding hydrogens is 188 g/mol. The van der Waals surface area contributed by atoms with Crippen molar-refractivity contribution in [3.63, 3.8) is 0 Å². The third kappa shape index (κ3) is 2.65. The number of anilines is 1. The standard InChI is InChI=1S/C11H18N4/c1-9-7-10(15-13-8-9)14-11(2)3-5-12-6-4-11/h7-8,12H,3-6H2,1-2H3,(H,14,15). The van der Waals surface area contributed by atoms with Gasteiger partial charge in [0.1, 0.15) is 5.82 Å². The molecule has 1 aliphatic heterocycles. The second kappa shape index (κ2) is 4.14. The van der Waals surface area contributed by atoms with Gasteiger partial charge in [-0.3, -0.25) is 0 Å². The van der Waals surface area contributed by atoms with E-state index in [9.17, 15) is 0 Å². The van der Waals surface area contributed by atoms with E-state index in [2.05, 4.69) is 27.8 Å². The molecule has 4 heteroatoms. The molecule has 82 valence electrons. The largest absolute Gasteiger partial charge is 0.363 e. The summed E-state index contributed by atoms with van der Waals surface area (Å²) in [6.45, 7) is 6.42. The first kappa shape index (κ1) is 10.4. The zero-order valence-corrected chi connectivity index (χ0v) is 9.38. The molecule has 0 saturated carbocycles. The highest BCUT2D eigenvalue weighted by Gasteiger charge is 2.26. The van der Waals surface area contributed by atoms with Crippen molar-refractivity contribution >= 4 is 5.82 Å². The average molecular weight is 206 g/mol. The predicted octanol–water partition coefficient (Wildman–Crippen LogP) is 1.34. The fourth-order valence-electron chi connectivity index (χ4n) is 1.94. The molecule has 0 unspecified atom stereocenters. The normalized spacial score (nSPS) is 19.9. The van der Waals surface area contributed by atoms with Crippen LogP contribution in [0.15, 0.2) is 12.3 Å². The lowest BCUT2D eigenvalue weighted by molar-refractivity contribution is 0.364. The van der Waals surface area contributed by atoms with Crippen molar-refractivity contribution in [1.82, 2.24) is 15.5 Å². The molecule has 1 aromatic heterocycles. The van der Waals surface area contributed by atoms with Crippen LogP contribution in [0.5, 0.6) is 0 Å². The summed E-state index contributed by atoms with van der Waals surface area (Å²) in [6, 6.07) is 2.04. The monoisotopic (exact) mass is 206 g/mol. The van der Waals surface area contributed by atoms with E-state index in [1.807, 2.05) is 13.0 Å². The van der Waals surface area contributed by atoms with Gasteiger partial charge in [-0.1, -0.05) is 0 Å². The third-order valence-electron chi connectivity index (χ3n) is 2.93. The first-order chi connectivity index (χ1) is 7.18. The molecule has 0 atom stereocenters. The maximum absolute atomic E-state index is 4.10. The van der Waals surface area contributed by atoms with E-state index in [1.54, 1.807) is 6.20 Å². The van der Waals surface area contributed by atoms with Crippen molar-refractivity contribution in [3.05, 3.63) is 17.8 Å². The molecule has 0 radical (unpaired) electrons. The molecular formula is C11H18N4. The first-order valence-electron chi connectivity index (χ1n) is 5.46. The number of hydrogen-bond acceptors (Lipinski definition) is 4. The summed E-state index contributed by atoms with van der Waals surface area (Å²) >= 11 is 0. The van der Waals surface area contributed by atoms with Gasteiger partial charge in [-0.05, 0) is 51.4 Å². The van der Waals surface area contributed by atoms with Gasteiger partial charge in [0.25, 0.3) is 0 Å². The van der Waals surface area contributed by atoms with E-state index >= 15 is 0 Å². The van der Waals surface area contributed by atoms with E-state index in [0.717, 1.165) is 37.3 Å². The second-order valence-corrected chi connectivity index (χ2v) is 4.55. The second-order valence-electron chi connectivity index (χ2n) is 4.55. The van der Waals surface area contributed by atoms with Crippen LogP contribution in [0.4, 0.5) is 5.82 Å². The summed E-state index contributed by atoms with van der Waals surface area (Å²) in [4.78, 5) is 0. The van der Waals surface area contributed by atoms with Gasteiger partial charge in [-0.25, -0.2) is 0 Å². The van der Waals surface area contributed by atoms with E-state index < -0.39 is 0 Å². The first-order valence-corrected chi connectivity index (χ1v) is 5.46. The van der Waals surface area contributed by atoms with E-state index in [4.69, 9.17) is 0 Å². The van der Waals surface area contributed by atoms with E-state index in [0.29, 0.717) is 0 Å². The number of nitrogens with zero attached hydrogens (tertiary/aromatic N) is 2. The predicted molar refractivity (Wildman–Crippen MR) is 60.9 cm³/mol. The van der Waals surface area contributed by atoms with Crippen molar-refractivity contribution in [3.8, 4) is 0 Å². The topological polar surface area (TPSA) is 49.8 Å². The Morgan fingerprint density at radius 1 is 1.40 bits per heavy atom. The highest BCUT2D eigenvalue weighted by Crippen LogP contribution is 2.22. The van der Waals surface area contributed by atoms with Gasteiger partial charge in [0.05, 0.1) is 6.20 Å². The summed E-state index contributed by atoms with van der Waals surface area (Å²) < 4.78 is 0. The highest BCUT2D eigenvalue weighted by atomic mass is 15.2.